The van der Waals surface area contributed by atoms with Gasteiger partial charge in [0.25, 0.3) is 5.91 Å². The van der Waals surface area contributed by atoms with Gasteiger partial charge in [0, 0.05) is 16.8 Å². The summed E-state index contributed by atoms with van der Waals surface area (Å²) in [7, 11) is 0. The number of nitrogens with one attached hydrogen (secondary N) is 1. The number of carbonyl (C=O) groups excluding carboxylic acids is 2. The van der Waals surface area contributed by atoms with Crippen molar-refractivity contribution in [3.8, 4) is 0 Å². The number of aryl methyl sites for hydroxylation is 1. The van der Waals surface area contributed by atoms with Crippen molar-refractivity contribution in [2.24, 2.45) is 0 Å². The molecule has 0 atom stereocenters. The Balaban J connectivity index is 1.82. The lowest BCUT2D eigenvalue weighted by atomic mass is 10.1. The zero-order chi connectivity index (χ0) is 17.4. The number of halogens is 1. The number of benzene rings is 2. The Kier molecular flexibility index (Phi) is 6.58. The first kappa shape index (κ1) is 17.8. The second-order valence-corrected chi connectivity index (χ2v) is 5.49. The van der Waals surface area contributed by atoms with Gasteiger partial charge in [0.15, 0.2) is 6.61 Å². The van der Waals surface area contributed by atoms with E-state index in [-0.39, 0.29) is 12.5 Å². The fraction of sp³-hybridized carbons (Fsp3) is 0.158. The summed E-state index contributed by atoms with van der Waals surface area (Å²) >= 11 is 5.79. The van der Waals surface area contributed by atoms with Crippen molar-refractivity contribution >= 4 is 35.2 Å². The normalized spacial score (nSPS) is 10.6. The predicted octanol–water partition coefficient (Wildman–Crippen LogP) is 4.10. The Bertz CT molecular complexity index is 739. The minimum Gasteiger partial charge on any atom is -0.452 e. The van der Waals surface area contributed by atoms with Crippen LogP contribution in [-0.4, -0.2) is 18.5 Å². The zero-order valence-corrected chi connectivity index (χ0v) is 14.0. The molecule has 2 aromatic rings. The van der Waals surface area contributed by atoms with E-state index in [1.54, 1.807) is 30.3 Å². The van der Waals surface area contributed by atoms with Crippen LogP contribution in [0.15, 0.2) is 54.6 Å². The molecular formula is C19H18ClNO3. The summed E-state index contributed by atoms with van der Waals surface area (Å²) in [5.74, 6) is -0.951. The highest BCUT2D eigenvalue weighted by Gasteiger charge is 2.07. The molecule has 0 aromatic heterocycles. The van der Waals surface area contributed by atoms with Crippen molar-refractivity contribution in [3.05, 3.63) is 70.8 Å². The van der Waals surface area contributed by atoms with Crippen LogP contribution in [0, 0.1) is 0 Å². The van der Waals surface area contributed by atoms with E-state index in [0.29, 0.717) is 5.02 Å². The molecule has 4 nitrogen and oxygen atoms in total. The lowest BCUT2D eigenvalue weighted by Crippen LogP contribution is -2.20. The van der Waals surface area contributed by atoms with E-state index in [2.05, 4.69) is 5.32 Å². The summed E-state index contributed by atoms with van der Waals surface area (Å²) in [4.78, 5) is 23.5. The first-order valence-electron chi connectivity index (χ1n) is 7.56. The number of esters is 1. The summed E-state index contributed by atoms with van der Waals surface area (Å²) in [6, 6.07) is 14.5. The molecule has 2 aromatic carbocycles. The lowest BCUT2D eigenvalue weighted by molar-refractivity contribution is -0.142. The van der Waals surface area contributed by atoms with E-state index >= 15 is 0 Å². The topological polar surface area (TPSA) is 55.4 Å². The van der Waals surface area contributed by atoms with E-state index in [0.717, 1.165) is 23.2 Å². The first-order chi connectivity index (χ1) is 11.6. The molecule has 0 saturated heterocycles. The van der Waals surface area contributed by atoms with Crippen LogP contribution in [0.5, 0.6) is 0 Å². The molecule has 24 heavy (non-hydrogen) atoms. The third-order valence-corrected chi connectivity index (χ3v) is 3.55. The van der Waals surface area contributed by atoms with Crippen LogP contribution in [-0.2, 0) is 20.7 Å². The standard InChI is InChI=1S/C19H18ClNO3/c1-2-15-5-3-4-6-17(15)21-18(22)13-24-19(23)12-9-14-7-10-16(20)11-8-14/h3-12H,2,13H2,1H3,(H,21,22)/b12-9+. The lowest BCUT2D eigenvalue weighted by Gasteiger charge is -2.09. The Morgan fingerprint density at radius 2 is 1.83 bits per heavy atom. The van der Waals surface area contributed by atoms with Crippen LogP contribution in [0.4, 0.5) is 5.69 Å². The van der Waals surface area contributed by atoms with Crippen molar-refractivity contribution < 1.29 is 14.3 Å². The van der Waals surface area contributed by atoms with Gasteiger partial charge in [-0.25, -0.2) is 4.79 Å². The Hall–Kier alpha value is -2.59. The van der Waals surface area contributed by atoms with Crippen LogP contribution in [0.1, 0.15) is 18.1 Å². The van der Waals surface area contributed by atoms with Gasteiger partial charge in [0.05, 0.1) is 0 Å². The van der Waals surface area contributed by atoms with Crippen molar-refractivity contribution in [2.45, 2.75) is 13.3 Å². The van der Waals surface area contributed by atoms with Crippen LogP contribution < -0.4 is 5.32 Å². The van der Waals surface area contributed by atoms with E-state index in [1.165, 1.54) is 6.08 Å². The molecular weight excluding hydrogens is 326 g/mol. The first-order valence-corrected chi connectivity index (χ1v) is 7.94. The summed E-state index contributed by atoms with van der Waals surface area (Å²) in [6.45, 7) is 1.68. The third-order valence-electron chi connectivity index (χ3n) is 3.30. The summed E-state index contributed by atoms with van der Waals surface area (Å²) < 4.78 is 4.93. The van der Waals surface area contributed by atoms with Gasteiger partial charge in [-0.2, -0.15) is 0 Å². The molecule has 1 N–H and O–H groups in total. The SMILES string of the molecule is CCc1ccccc1NC(=O)COC(=O)/C=C/c1ccc(Cl)cc1. The van der Waals surface area contributed by atoms with Gasteiger partial charge in [-0.15, -0.1) is 0 Å². The summed E-state index contributed by atoms with van der Waals surface area (Å²) in [5, 5.41) is 3.37. The highest BCUT2D eigenvalue weighted by molar-refractivity contribution is 6.30. The maximum Gasteiger partial charge on any atom is 0.331 e. The maximum atomic E-state index is 11.9. The summed E-state index contributed by atoms with van der Waals surface area (Å²) in [5.41, 5.74) is 2.58. The smallest absolute Gasteiger partial charge is 0.331 e. The Morgan fingerprint density at radius 1 is 1.12 bits per heavy atom. The average molecular weight is 344 g/mol. The second-order valence-electron chi connectivity index (χ2n) is 5.05. The highest BCUT2D eigenvalue weighted by atomic mass is 35.5. The number of hydrogen-bond donors (Lipinski definition) is 1. The Morgan fingerprint density at radius 3 is 2.54 bits per heavy atom. The van der Waals surface area contributed by atoms with Gasteiger partial charge in [0.1, 0.15) is 0 Å². The van der Waals surface area contributed by atoms with E-state index in [9.17, 15) is 9.59 Å². The Labute approximate surface area is 146 Å². The van der Waals surface area contributed by atoms with Crippen LogP contribution in [0.3, 0.4) is 0 Å². The van der Waals surface area contributed by atoms with Gasteiger partial charge in [-0.1, -0.05) is 48.9 Å². The zero-order valence-electron chi connectivity index (χ0n) is 13.3. The molecule has 2 rings (SSSR count). The fourth-order valence-corrected chi connectivity index (χ4v) is 2.19. The molecule has 0 fully saturated rings. The minimum atomic E-state index is -0.580. The highest BCUT2D eigenvalue weighted by Crippen LogP contribution is 2.15. The molecule has 1 amide bonds. The molecule has 124 valence electrons. The molecule has 0 spiro atoms. The van der Waals surface area contributed by atoms with Crippen LogP contribution in [0.2, 0.25) is 5.02 Å². The molecule has 0 radical (unpaired) electrons. The monoisotopic (exact) mass is 343 g/mol. The van der Waals surface area contributed by atoms with Gasteiger partial charge in [-0.3, -0.25) is 4.79 Å². The molecule has 0 aliphatic carbocycles. The van der Waals surface area contributed by atoms with Crippen molar-refractivity contribution in [2.75, 3.05) is 11.9 Å². The van der Waals surface area contributed by atoms with Gasteiger partial charge in [0.2, 0.25) is 0 Å². The fourth-order valence-electron chi connectivity index (χ4n) is 2.06. The second kappa shape index (κ2) is 8.89. The average Bonchev–Trinajstić information content (AvgIpc) is 2.60. The van der Waals surface area contributed by atoms with Crippen molar-refractivity contribution in [1.29, 1.82) is 0 Å². The minimum absolute atomic E-state index is 0.332. The number of anilines is 1. The summed E-state index contributed by atoms with van der Waals surface area (Å²) in [6.07, 6.45) is 3.68. The number of carbonyl (C=O) groups is 2. The quantitative estimate of drug-likeness (QED) is 0.634. The van der Waals surface area contributed by atoms with Crippen LogP contribution >= 0.6 is 11.6 Å². The van der Waals surface area contributed by atoms with Crippen LogP contribution in [0.25, 0.3) is 6.08 Å². The number of ether oxygens (including phenoxy) is 1. The third kappa shape index (κ3) is 5.56. The molecule has 0 bridgehead atoms. The van der Waals surface area contributed by atoms with Gasteiger partial charge < -0.3 is 10.1 Å². The largest absolute Gasteiger partial charge is 0.452 e. The molecule has 0 heterocycles. The van der Waals surface area contributed by atoms with Crippen molar-refractivity contribution in [1.82, 2.24) is 0 Å². The van der Waals surface area contributed by atoms with Gasteiger partial charge in [-0.05, 0) is 41.8 Å². The molecule has 5 heteroatoms. The molecule has 0 aliphatic rings. The number of amides is 1. The van der Waals surface area contributed by atoms with E-state index in [1.807, 2.05) is 31.2 Å². The predicted molar refractivity (Wildman–Crippen MR) is 95.9 cm³/mol. The van der Waals surface area contributed by atoms with E-state index < -0.39 is 5.97 Å². The van der Waals surface area contributed by atoms with E-state index in [4.69, 9.17) is 16.3 Å². The van der Waals surface area contributed by atoms with Gasteiger partial charge >= 0.3 is 5.97 Å². The maximum absolute atomic E-state index is 11.9. The van der Waals surface area contributed by atoms with Crippen molar-refractivity contribution in [3.63, 3.8) is 0 Å². The number of para-hydroxylation sites is 1. The number of hydrogen-bond acceptors (Lipinski definition) is 3. The molecule has 0 saturated carbocycles. The molecule has 0 unspecified atom stereocenters. The molecule has 0 aliphatic heterocycles. The number of rotatable bonds is 6.